The summed E-state index contributed by atoms with van der Waals surface area (Å²) in [5.41, 5.74) is 24.1. The molecule has 0 aliphatic rings. The first kappa shape index (κ1) is 62.2. The molecule has 0 radical (unpaired) electrons. The lowest BCUT2D eigenvalue weighted by molar-refractivity contribution is 1.07. The zero-order chi connectivity index (χ0) is 69.1. The molecule has 0 fully saturated rings. The zero-order valence-corrected chi connectivity index (χ0v) is 56.5. The van der Waals surface area contributed by atoms with Gasteiger partial charge in [0.2, 0.25) is 0 Å². The average Bonchev–Trinajstić information content (AvgIpc) is 1.57. The van der Waals surface area contributed by atoms with Crippen molar-refractivity contribution >= 4 is 43.6 Å². The summed E-state index contributed by atoms with van der Waals surface area (Å²) in [5, 5.41) is 4.89. The van der Waals surface area contributed by atoms with Gasteiger partial charge in [-0.25, -0.2) is 29.9 Å². The van der Waals surface area contributed by atoms with Gasteiger partial charge in [0.25, 0.3) is 0 Å². The van der Waals surface area contributed by atoms with Crippen LogP contribution in [0.15, 0.2) is 388 Å². The van der Waals surface area contributed by atoms with Crippen molar-refractivity contribution in [2.45, 2.75) is 0 Å². The molecule has 0 amide bonds. The smallest absolute Gasteiger partial charge is 0.164 e. The van der Waals surface area contributed by atoms with Gasteiger partial charge in [0.15, 0.2) is 34.9 Å². The second kappa shape index (κ2) is 27.6. The van der Waals surface area contributed by atoms with Gasteiger partial charge in [0.05, 0.1) is 22.1 Å². The Hall–Kier alpha value is -14.1. The predicted octanol–water partition coefficient (Wildman–Crippen LogP) is 24.3. The third-order valence-corrected chi connectivity index (χ3v) is 19.4. The van der Waals surface area contributed by atoms with Gasteiger partial charge in [0.1, 0.15) is 0 Å². The summed E-state index contributed by atoms with van der Waals surface area (Å²) in [4.78, 5) is 30.2. The van der Waals surface area contributed by atoms with Crippen LogP contribution in [0.2, 0.25) is 0 Å². The Morgan fingerprint density at radius 1 is 0.154 bits per heavy atom. The summed E-state index contributed by atoms with van der Waals surface area (Å²) in [6.07, 6.45) is 0. The Bertz CT molecular complexity index is 6160. The number of rotatable bonds is 13. The fraction of sp³-hybridized carbons (Fsp3) is 0. The quantitative estimate of drug-likeness (QED) is 0.114. The van der Waals surface area contributed by atoms with Crippen LogP contribution in [0.3, 0.4) is 0 Å². The van der Waals surface area contributed by atoms with E-state index in [1.54, 1.807) is 0 Å². The fourth-order valence-electron chi connectivity index (χ4n) is 14.2. The van der Waals surface area contributed by atoms with Gasteiger partial charge >= 0.3 is 0 Å². The van der Waals surface area contributed by atoms with Crippen LogP contribution in [0, 0.1) is 0 Å². The van der Waals surface area contributed by atoms with Crippen molar-refractivity contribution in [3.63, 3.8) is 0 Å². The molecule has 0 saturated heterocycles. The third kappa shape index (κ3) is 12.2. The summed E-state index contributed by atoms with van der Waals surface area (Å²) in [6.45, 7) is 0. The van der Waals surface area contributed by atoms with Crippen LogP contribution in [0.25, 0.3) is 179 Å². The van der Waals surface area contributed by atoms with E-state index < -0.39 is 0 Å². The van der Waals surface area contributed by atoms with Gasteiger partial charge < -0.3 is 9.13 Å². The molecule has 0 unspecified atom stereocenters. The molecule has 0 atom stereocenters. The van der Waals surface area contributed by atoms with Gasteiger partial charge in [-0.15, -0.1) is 0 Å². The molecule has 0 aliphatic carbocycles. The summed E-state index contributed by atoms with van der Waals surface area (Å²) in [5.74, 6) is 3.81. The Morgan fingerprint density at radius 3 is 0.894 bits per heavy atom. The Labute approximate surface area is 602 Å². The van der Waals surface area contributed by atoms with Crippen molar-refractivity contribution in [2.24, 2.45) is 0 Å². The Kier molecular flexibility index (Phi) is 16.5. The molecule has 0 aliphatic heterocycles. The minimum atomic E-state index is 0.629. The summed E-state index contributed by atoms with van der Waals surface area (Å²) < 4.78 is 4.70. The van der Waals surface area contributed by atoms with E-state index in [1.165, 1.54) is 66.0 Å². The van der Waals surface area contributed by atoms with E-state index in [2.05, 4.69) is 349 Å². The van der Waals surface area contributed by atoms with Crippen molar-refractivity contribution in [1.82, 2.24) is 39.0 Å². The second-order valence-electron chi connectivity index (χ2n) is 25.8. The second-order valence-corrected chi connectivity index (χ2v) is 25.8. The highest BCUT2D eigenvalue weighted by atomic mass is 15.0. The monoisotopic (exact) mass is 1330 g/mol. The molecule has 4 aromatic heterocycles. The molecule has 8 heteroatoms. The minimum Gasteiger partial charge on any atom is -0.309 e. The largest absolute Gasteiger partial charge is 0.309 e. The maximum Gasteiger partial charge on any atom is 0.164 e. The number of para-hydroxylation sites is 3. The molecule has 0 N–H and O–H groups in total. The highest BCUT2D eigenvalue weighted by molar-refractivity contribution is 6.16. The van der Waals surface area contributed by atoms with Gasteiger partial charge in [0, 0.05) is 66.3 Å². The number of hydrogen-bond donors (Lipinski definition) is 0. The number of aromatic nitrogens is 8. The van der Waals surface area contributed by atoms with E-state index in [1.807, 2.05) is 48.5 Å². The SMILES string of the molecule is c1ccc(-c2ccc(-c3nc(-c4ccc(-c5ccccc5)cc4)nc(-c4ccc(-c5cccc6c5c5ccccc5n6-c5ccccc5)cc4)n3)cc2)cc1.c1ccc(-c2ccc(-c3nc(-c4ccccc4)nc(-c4cccc(-n5c6ccccc6c6cc(-c7ccccc7)ccc65)c4)n3)cc2)cc1. The number of hydrogen-bond acceptors (Lipinski definition) is 6. The molecular weight excluding hydrogens is 1270 g/mol. The molecule has 104 heavy (non-hydrogen) atoms. The lowest BCUT2D eigenvalue weighted by atomic mass is 9.98. The molecule has 19 aromatic rings. The molecule has 4 heterocycles. The first-order valence-corrected chi connectivity index (χ1v) is 35.0. The maximum absolute atomic E-state index is 5.07. The number of nitrogens with zero attached hydrogens (tertiary/aromatic N) is 8. The molecular formula is C96H64N8. The highest BCUT2D eigenvalue weighted by Gasteiger charge is 2.20. The first-order valence-electron chi connectivity index (χ1n) is 35.0. The van der Waals surface area contributed by atoms with E-state index >= 15 is 0 Å². The van der Waals surface area contributed by atoms with Crippen molar-refractivity contribution < 1.29 is 0 Å². The maximum atomic E-state index is 5.07. The fourth-order valence-corrected chi connectivity index (χ4v) is 14.2. The summed E-state index contributed by atoms with van der Waals surface area (Å²) >= 11 is 0. The van der Waals surface area contributed by atoms with Crippen LogP contribution in [0.4, 0.5) is 0 Å². The molecule has 488 valence electrons. The van der Waals surface area contributed by atoms with Crippen molar-refractivity contribution in [3.05, 3.63) is 388 Å². The Balaban J connectivity index is 0.000000149. The number of benzene rings is 15. The van der Waals surface area contributed by atoms with Gasteiger partial charge in [-0.3, -0.25) is 0 Å². The van der Waals surface area contributed by atoms with Crippen LogP contribution in [0.5, 0.6) is 0 Å². The Morgan fingerprint density at radius 2 is 0.433 bits per heavy atom. The minimum absolute atomic E-state index is 0.629. The van der Waals surface area contributed by atoms with Gasteiger partial charge in [-0.05, 0) is 110 Å². The lowest BCUT2D eigenvalue weighted by Gasteiger charge is -2.12. The first-order chi connectivity index (χ1) is 51.5. The standard InChI is InChI=1S/C51H34N4.C45H30N4/c1-4-13-35(14-5-1)37-23-29-40(30-24-37)49-52-50(41-31-25-38(26-32-41)36-15-6-2-7-16-36)54-51(53-49)42-33-27-39(28-34-42)44-20-12-22-47-48(44)45-19-10-11-21-46(45)55(47)43-17-8-3-9-18-43;1-4-13-31(14-5-1)33-23-25-35(26-24-33)44-46-43(34-17-8-3-9-18-34)47-45(48-44)37-19-12-20-38(29-37)49-41-22-11-10-21-39(41)40-30-36(27-28-42(40)49)32-15-6-2-7-16-32/h1-34H;1-30H. The molecule has 0 saturated carbocycles. The van der Waals surface area contributed by atoms with Crippen LogP contribution in [0.1, 0.15) is 0 Å². The number of fused-ring (bicyclic) bond motifs is 6. The van der Waals surface area contributed by atoms with E-state index in [-0.39, 0.29) is 0 Å². The molecule has 8 nitrogen and oxygen atoms in total. The third-order valence-electron chi connectivity index (χ3n) is 19.4. The van der Waals surface area contributed by atoms with Gasteiger partial charge in [-0.2, -0.15) is 0 Å². The van der Waals surface area contributed by atoms with Crippen molar-refractivity contribution in [3.8, 4) is 135 Å². The zero-order valence-electron chi connectivity index (χ0n) is 56.5. The molecule has 15 aromatic carbocycles. The summed E-state index contributed by atoms with van der Waals surface area (Å²) in [6, 6.07) is 136. The van der Waals surface area contributed by atoms with Crippen LogP contribution in [-0.2, 0) is 0 Å². The van der Waals surface area contributed by atoms with Gasteiger partial charge in [-0.1, -0.05) is 334 Å². The average molecular weight is 1330 g/mol. The molecule has 0 spiro atoms. The predicted molar refractivity (Wildman–Crippen MR) is 428 cm³/mol. The molecule has 19 rings (SSSR count). The van der Waals surface area contributed by atoms with E-state index in [9.17, 15) is 0 Å². The normalized spacial score (nSPS) is 11.3. The van der Waals surface area contributed by atoms with E-state index in [0.29, 0.717) is 34.9 Å². The molecule has 0 bridgehead atoms. The van der Waals surface area contributed by atoms with E-state index in [0.717, 1.165) is 78.0 Å². The summed E-state index contributed by atoms with van der Waals surface area (Å²) in [7, 11) is 0. The highest BCUT2D eigenvalue weighted by Crippen LogP contribution is 2.41. The van der Waals surface area contributed by atoms with Crippen LogP contribution >= 0.6 is 0 Å². The van der Waals surface area contributed by atoms with E-state index in [4.69, 9.17) is 29.9 Å². The van der Waals surface area contributed by atoms with Crippen LogP contribution in [-0.4, -0.2) is 39.0 Å². The van der Waals surface area contributed by atoms with Crippen molar-refractivity contribution in [2.75, 3.05) is 0 Å². The topological polar surface area (TPSA) is 87.2 Å². The van der Waals surface area contributed by atoms with Crippen LogP contribution < -0.4 is 0 Å². The van der Waals surface area contributed by atoms with Crippen molar-refractivity contribution in [1.29, 1.82) is 0 Å². The lowest BCUT2D eigenvalue weighted by Crippen LogP contribution is -2.01.